The van der Waals surface area contributed by atoms with Gasteiger partial charge in [-0.15, -0.1) is 0 Å². The van der Waals surface area contributed by atoms with E-state index in [1.54, 1.807) is 12.1 Å². The number of nitro groups is 1. The summed E-state index contributed by atoms with van der Waals surface area (Å²) in [5.74, 6) is -0.172. The van der Waals surface area contributed by atoms with Crippen LogP contribution in [0, 0.1) is 10.1 Å². The Hall–Kier alpha value is -4.26. The molecule has 0 saturated carbocycles. The van der Waals surface area contributed by atoms with Gasteiger partial charge in [-0.1, -0.05) is 54.6 Å². The van der Waals surface area contributed by atoms with E-state index in [4.69, 9.17) is 4.42 Å². The van der Waals surface area contributed by atoms with E-state index in [1.165, 1.54) is 24.3 Å². The average Bonchev–Trinajstić information content (AvgIpc) is 2.74. The van der Waals surface area contributed by atoms with E-state index in [0.717, 1.165) is 11.1 Å². The lowest BCUT2D eigenvalue weighted by atomic mass is 10.0. The molecule has 4 aromatic rings. The van der Waals surface area contributed by atoms with Crippen molar-refractivity contribution in [2.45, 2.75) is 0 Å². The van der Waals surface area contributed by atoms with Gasteiger partial charge in [0.05, 0.1) is 4.92 Å². The summed E-state index contributed by atoms with van der Waals surface area (Å²) in [5.41, 5.74) is 1.72. The van der Waals surface area contributed by atoms with Crippen LogP contribution in [0.25, 0.3) is 34.1 Å². The molecule has 1 N–H and O–H groups in total. The first-order valence-corrected chi connectivity index (χ1v) is 8.67. The van der Waals surface area contributed by atoms with Crippen molar-refractivity contribution in [3.05, 3.63) is 105 Å². The molecular weight excluding hydrogens is 372 g/mol. The monoisotopic (exact) mass is 386 g/mol. The van der Waals surface area contributed by atoms with Gasteiger partial charge < -0.3 is 9.52 Å². The molecule has 3 aromatic carbocycles. The van der Waals surface area contributed by atoms with Crippen molar-refractivity contribution in [3.63, 3.8) is 0 Å². The number of rotatable bonds is 4. The molecule has 29 heavy (non-hydrogen) atoms. The van der Waals surface area contributed by atoms with Gasteiger partial charge in [-0.25, -0.2) is 9.78 Å². The van der Waals surface area contributed by atoms with Crippen LogP contribution in [0.15, 0.2) is 82.0 Å². The van der Waals surface area contributed by atoms with Crippen molar-refractivity contribution in [2.24, 2.45) is 0 Å². The molecule has 0 radical (unpaired) electrons. The fourth-order valence-electron chi connectivity index (χ4n) is 2.89. The normalized spacial score (nSPS) is 11.5. The number of aliphatic hydroxyl groups is 1. The fourth-order valence-corrected chi connectivity index (χ4v) is 2.89. The number of fused-ring (bicyclic) bond motifs is 1. The van der Waals surface area contributed by atoms with Crippen LogP contribution in [0.5, 0.6) is 0 Å². The molecule has 0 spiro atoms. The number of aliphatic hydroxyl groups excluding tert-OH is 1. The van der Waals surface area contributed by atoms with Gasteiger partial charge >= 0.3 is 5.63 Å². The third-order valence-electron chi connectivity index (χ3n) is 4.37. The maximum atomic E-state index is 12.1. The summed E-state index contributed by atoms with van der Waals surface area (Å²) >= 11 is 0. The highest BCUT2D eigenvalue weighted by molar-refractivity contribution is 5.80. The van der Waals surface area contributed by atoms with E-state index in [9.17, 15) is 20.0 Å². The van der Waals surface area contributed by atoms with Crippen molar-refractivity contribution in [1.29, 1.82) is 0 Å². The van der Waals surface area contributed by atoms with Gasteiger partial charge in [0.2, 0.25) is 0 Å². The highest BCUT2D eigenvalue weighted by atomic mass is 16.6. The summed E-state index contributed by atoms with van der Waals surface area (Å²) in [5, 5.41) is 21.3. The highest BCUT2D eigenvalue weighted by Crippen LogP contribution is 2.23. The molecule has 0 saturated heterocycles. The van der Waals surface area contributed by atoms with Crippen molar-refractivity contribution >= 4 is 28.6 Å². The van der Waals surface area contributed by atoms with Crippen LogP contribution >= 0.6 is 0 Å². The number of hydrogen-bond acceptors (Lipinski definition) is 6. The number of benzene rings is 3. The minimum absolute atomic E-state index is 0.129. The zero-order chi connectivity index (χ0) is 20.4. The molecule has 7 nitrogen and oxygen atoms in total. The van der Waals surface area contributed by atoms with Gasteiger partial charge in [-0.05, 0) is 17.2 Å². The molecule has 0 unspecified atom stereocenters. The van der Waals surface area contributed by atoms with Crippen LogP contribution < -0.4 is 5.63 Å². The molecule has 142 valence electrons. The van der Waals surface area contributed by atoms with Gasteiger partial charge in [-0.3, -0.25) is 10.1 Å². The molecule has 4 rings (SSSR count). The third-order valence-corrected chi connectivity index (χ3v) is 4.37. The summed E-state index contributed by atoms with van der Waals surface area (Å²) in [6, 6.07) is 20.7. The van der Waals surface area contributed by atoms with E-state index >= 15 is 0 Å². The molecular formula is C22H14N2O5. The molecule has 0 aliphatic carbocycles. The number of nitrogens with zero attached hydrogens (tertiary/aromatic N) is 2. The largest absolute Gasteiger partial charge is 0.507 e. The summed E-state index contributed by atoms with van der Waals surface area (Å²) in [6.07, 6.45) is 1.18. The van der Waals surface area contributed by atoms with Crippen molar-refractivity contribution in [1.82, 2.24) is 4.98 Å². The Morgan fingerprint density at radius 2 is 1.69 bits per heavy atom. The van der Waals surface area contributed by atoms with Crippen LogP contribution in [0.4, 0.5) is 5.69 Å². The smallest absolute Gasteiger partial charge is 0.362 e. The number of nitro benzene ring substituents is 1. The summed E-state index contributed by atoms with van der Waals surface area (Å²) in [4.78, 5) is 26.6. The predicted molar refractivity (Wildman–Crippen MR) is 109 cm³/mol. The summed E-state index contributed by atoms with van der Waals surface area (Å²) < 4.78 is 5.14. The minimum Gasteiger partial charge on any atom is -0.507 e. The fraction of sp³-hybridized carbons (Fsp3) is 0. The van der Waals surface area contributed by atoms with Crippen LogP contribution in [-0.4, -0.2) is 15.0 Å². The Balaban J connectivity index is 1.69. The Morgan fingerprint density at radius 1 is 1.00 bits per heavy atom. The SMILES string of the molecule is O=c1oc2ccc([N+](=O)[O-])cc2nc1C=C(O)c1ccc(-c2ccccc2)cc1. The van der Waals surface area contributed by atoms with Crippen LogP contribution in [-0.2, 0) is 0 Å². The zero-order valence-electron chi connectivity index (χ0n) is 15.0. The Bertz CT molecular complexity index is 1290. The number of aromatic nitrogens is 1. The zero-order valence-corrected chi connectivity index (χ0v) is 15.0. The first-order valence-electron chi connectivity index (χ1n) is 8.67. The molecule has 7 heteroatoms. The summed E-state index contributed by atoms with van der Waals surface area (Å²) in [7, 11) is 0. The first kappa shape index (κ1) is 18.1. The molecule has 0 aliphatic heterocycles. The third kappa shape index (κ3) is 3.74. The van der Waals surface area contributed by atoms with Gasteiger partial charge in [0, 0.05) is 23.8 Å². The maximum absolute atomic E-state index is 12.1. The average molecular weight is 386 g/mol. The van der Waals surface area contributed by atoms with Crippen molar-refractivity contribution in [2.75, 3.05) is 0 Å². The maximum Gasteiger partial charge on any atom is 0.362 e. The topological polar surface area (TPSA) is 106 Å². The van der Waals surface area contributed by atoms with E-state index in [0.29, 0.717) is 5.56 Å². The highest BCUT2D eigenvalue weighted by Gasteiger charge is 2.12. The lowest BCUT2D eigenvalue weighted by Gasteiger charge is -2.04. The first-order chi connectivity index (χ1) is 14.0. The second-order valence-corrected chi connectivity index (χ2v) is 6.27. The Labute approximate surface area is 164 Å². The molecule has 0 amide bonds. The number of non-ortho nitro benzene ring substituents is 1. The standard InChI is InChI=1S/C22H14N2O5/c25-20(16-8-6-15(7-9-16)14-4-2-1-3-5-14)13-19-22(26)29-21-11-10-17(24(27)28)12-18(21)23-19/h1-13,25H. The number of hydrogen-bond donors (Lipinski definition) is 1. The van der Waals surface area contributed by atoms with Gasteiger partial charge in [0.25, 0.3) is 5.69 Å². The molecule has 0 bridgehead atoms. The second-order valence-electron chi connectivity index (χ2n) is 6.27. The molecule has 1 heterocycles. The van der Waals surface area contributed by atoms with Gasteiger partial charge in [0.15, 0.2) is 11.3 Å². The lowest BCUT2D eigenvalue weighted by molar-refractivity contribution is -0.384. The van der Waals surface area contributed by atoms with Crippen LogP contribution in [0.1, 0.15) is 11.3 Å². The van der Waals surface area contributed by atoms with Crippen molar-refractivity contribution in [3.8, 4) is 11.1 Å². The molecule has 0 atom stereocenters. The van der Waals surface area contributed by atoms with Crippen molar-refractivity contribution < 1.29 is 14.4 Å². The Kier molecular flexibility index (Phi) is 4.62. The van der Waals surface area contributed by atoms with Crippen LogP contribution in [0.2, 0.25) is 0 Å². The second kappa shape index (κ2) is 7.40. The Morgan fingerprint density at radius 3 is 2.38 bits per heavy atom. The molecule has 1 aromatic heterocycles. The van der Waals surface area contributed by atoms with E-state index in [1.807, 2.05) is 42.5 Å². The van der Waals surface area contributed by atoms with Crippen LogP contribution in [0.3, 0.4) is 0 Å². The van der Waals surface area contributed by atoms with E-state index in [-0.39, 0.29) is 28.2 Å². The van der Waals surface area contributed by atoms with E-state index in [2.05, 4.69) is 4.98 Å². The minimum atomic E-state index is -0.751. The van der Waals surface area contributed by atoms with E-state index < -0.39 is 10.5 Å². The van der Waals surface area contributed by atoms with Gasteiger partial charge in [0.1, 0.15) is 11.3 Å². The molecule has 0 aliphatic rings. The quantitative estimate of drug-likeness (QED) is 0.306. The summed E-state index contributed by atoms with van der Waals surface area (Å²) in [6.45, 7) is 0. The lowest BCUT2D eigenvalue weighted by Crippen LogP contribution is -2.06. The predicted octanol–water partition coefficient (Wildman–Crippen LogP) is 4.82. The van der Waals surface area contributed by atoms with Gasteiger partial charge in [-0.2, -0.15) is 0 Å². The molecule has 0 fully saturated rings.